The molecule has 8 nitrogen and oxygen atoms in total. The van der Waals surface area contributed by atoms with E-state index in [-0.39, 0.29) is 28.2 Å². The Bertz CT molecular complexity index is 1180. The van der Waals surface area contributed by atoms with Crippen LogP contribution in [0.2, 0.25) is 0 Å². The molecule has 3 aromatic rings. The van der Waals surface area contributed by atoms with E-state index in [0.29, 0.717) is 22.6 Å². The first-order chi connectivity index (χ1) is 17.0. The molecule has 4 rings (SSSR count). The summed E-state index contributed by atoms with van der Waals surface area (Å²) in [6, 6.07) is 10.7. The number of phenols is 2. The molecule has 0 amide bonds. The van der Waals surface area contributed by atoms with E-state index in [1.165, 1.54) is 16.2 Å². The lowest BCUT2D eigenvalue weighted by Crippen LogP contribution is -2.46. The van der Waals surface area contributed by atoms with E-state index >= 15 is 0 Å². The molecular weight excluding hydrogens is 474 g/mol. The Morgan fingerprint density at radius 1 is 0.917 bits per heavy atom. The summed E-state index contributed by atoms with van der Waals surface area (Å²) >= 11 is 4.64. The van der Waals surface area contributed by atoms with Gasteiger partial charge in [-0.2, -0.15) is 12.6 Å². The number of rotatable bonds is 8. The van der Waals surface area contributed by atoms with Crippen molar-refractivity contribution < 1.29 is 15.3 Å². The van der Waals surface area contributed by atoms with Crippen molar-refractivity contribution in [2.45, 2.75) is 51.3 Å². The van der Waals surface area contributed by atoms with E-state index in [1.54, 1.807) is 6.07 Å². The van der Waals surface area contributed by atoms with Gasteiger partial charge in [0.2, 0.25) is 0 Å². The Morgan fingerprint density at radius 2 is 1.56 bits per heavy atom. The van der Waals surface area contributed by atoms with Gasteiger partial charge in [0.15, 0.2) is 5.82 Å². The molecular formula is C27H37N5O3S. The van der Waals surface area contributed by atoms with Crippen LogP contribution in [0, 0.1) is 0 Å². The fourth-order valence-electron chi connectivity index (χ4n) is 4.54. The molecule has 0 aliphatic carbocycles. The second kappa shape index (κ2) is 10.7. The normalized spacial score (nSPS) is 15.6. The molecule has 0 atom stereocenters. The molecule has 1 aliphatic heterocycles. The number of benzene rings is 2. The summed E-state index contributed by atoms with van der Waals surface area (Å²) in [5, 5.41) is 39.1. The van der Waals surface area contributed by atoms with E-state index in [0.717, 1.165) is 45.7 Å². The molecule has 0 bridgehead atoms. The van der Waals surface area contributed by atoms with Gasteiger partial charge in [-0.15, -0.1) is 5.10 Å². The van der Waals surface area contributed by atoms with Crippen LogP contribution in [0.1, 0.15) is 51.2 Å². The lowest BCUT2D eigenvalue weighted by Gasteiger charge is -2.35. The van der Waals surface area contributed by atoms with E-state index in [9.17, 15) is 15.3 Å². The van der Waals surface area contributed by atoms with Crippen molar-refractivity contribution in [2.75, 3.05) is 32.7 Å². The topological polar surface area (TPSA) is 97.9 Å². The first-order valence-electron chi connectivity index (χ1n) is 12.5. The number of aromatic hydroxyl groups is 3. The molecule has 9 heteroatoms. The number of phenolic OH excluding ortho intramolecular Hbond substituents is 2. The van der Waals surface area contributed by atoms with E-state index < -0.39 is 0 Å². The zero-order chi connectivity index (χ0) is 26.0. The second-order valence-corrected chi connectivity index (χ2v) is 11.8. The van der Waals surface area contributed by atoms with Gasteiger partial charge >= 0.3 is 6.01 Å². The highest BCUT2D eigenvalue weighted by Gasteiger charge is 2.22. The van der Waals surface area contributed by atoms with Crippen LogP contribution in [0.3, 0.4) is 0 Å². The summed E-state index contributed by atoms with van der Waals surface area (Å²) in [5.41, 5.74) is 2.95. The Hall–Kier alpha value is -2.75. The smallest absolute Gasteiger partial charge is 0.319 e. The second-order valence-electron chi connectivity index (χ2n) is 10.6. The lowest BCUT2D eigenvalue weighted by molar-refractivity contribution is 0.124. The average Bonchev–Trinajstić information content (AvgIpc) is 3.19. The zero-order valence-electron chi connectivity index (χ0n) is 21.5. The first-order valence-corrected chi connectivity index (χ1v) is 12.9. The fraction of sp³-hybridized carbons (Fsp3) is 0.481. The SMILES string of the molecule is CC(C)c1cc(-c2nnc(O)n2-c2ccc(CN3CCN(CCC(C)(C)S)CC3)cc2)c(O)cc1O. The number of hydrogen-bond donors (Lipinski definition) is 4. The highest BCUT2D eigenvalue weighted by molar-refractivity contribution is 7.81. The Labute approximate surface area is 218 Å². The molecule has 1 aromatic heterocycles. The molecule has 0 saturated carbocycles. The molecule has 1 fully saturated rings. The van der Waals surface area contributed by atoms with Crippen molar-refractivity contribution in [1.29, 1.82) is 0 Å². The summed E-state index contributed by atoms with van der Waals surface area (Å²) in [7, 11) is 0. The van der Waals surface area contributed by atoms with Crippen LogP contribution in [0.15, 0.2) is 36.4 Å². The molecule has 0 spiro atoms. The Morgan fingerprint density at radius 3 is 2.17 bits per heavy atom. The predicted octanol–water partition coefficient (Wildman–Crippen LogP) is 4.39. The highest BCUT2D eigenvalue weighted by Crippen LogP contribution is 2.38. The monoisotopic (exact) mass is 511 g/mol. The van der Waals surface area contributed by atoms with Crippen LogP contribution in [-0.4, -0.2) is 77.4 Å². The molecule has 0 unspecified atom stereocenters. The van der Waals surface area contributed by atoms with Gasteiger partial charge in [0.05, 0.1) is 11.3 Å². The maximum absolute atomic E-state index is 10.5. The van der Waals surface area contributed by atoms with Crippen molar-refractivity contribution in [3.05, 3.63) is 47.5 Å². The number of hydrogen-bond acceptors (Lipinski definition) is 8. The van der Waals surface area contributed by atoms with Gasteiger partial charge < -0.3 is 20.2 Å². The third-order valence-corrected chi connectivity index (χ3v) is 6.98. The Balaban J connectivity index is 1.47. The summed E-state index contributed by atoms with van der Waals surface area (Å²) in [6.07, 6.45) is 1.08. The van der Waals surface area contributed by atoms with Crippen molar-refractivity contribution in [3.63, 3.8) is 0 Å². The molecule has 2 aromatic carbocycles. The predicted molar refractivity (Wildman–Crippen MR) is 145 cm³/mol. The third kappa shape index (κ3) is 6.14. The Kier molecular flexibility index (Phi) is 7.82. The minimum absolute atomic E-state index is 0.0252. The van der Waals surface area contributed by atoms with Crippen LogP contribution in [0.25, 0.3) is 17.1 Å². The largest absolute Gasteiger partial charge is 0.508 e. The zero-order valence-corrected chi connectivity index (χ0v) is 22.4. The maximum Gasteiger partial charge on any atom is 0.319 e. The highest BCUT2D eigenvalue weighted by atomic mass is 32.1. The van der Waals surface area contributed by atoms with Crippen molar-refractivity contribution in [2.24, 2.45) is 0 Å². The quantitative estimate of drug-likeness (QED) is 0.333. The van der Waals surface area contributed by atoms with Crippen LogP contribution in [0.5, 0.6) is 17.5 Å². The van der Waals surface area contributed by atoms with E-state index in [2.05, 4.69) is 46.5 Å². The van der Waals surface area contributed by atoms with E-state index in [4.69, 9.17) is 0 Å². The van der Waals surface area contributed by atoms with Crippen LogP contribution in [0.4, 0.5) is 0 Å². The molecule has 36 heavy (non-hydrogen) atoms. The van der Waals surface area contributed by atoms with Crippen molar-refractivity contribution in [1.82, 2.24) is 24.6 Å². The summed E-state index contributed by atoms with van der Waals surface area (Å²) < 4.78 is 1.57. The lowest BCUT2D eigenvalue weighted by atomic mass is 9.98. The summed E-state index contributed by atoms with van der Waals surface area (Å²) in [4.78, 5) is 4.97. The molecule has 1 aliphatic rings. The third-order valence-electron chi connectivity index (χ3n) is 6.76. The molecule has 194 valence electrons. The maximum atomic E-state index is 10.5. The van der Waals surface area contributed by atoms with Gasteiger partial charge in [0, 0.05) is 43.5 Å². The van der Waals surface area contributed by atoms with Crippen molar-refractivity contribution in [3.8, 4) is 34.6 Å². The molecule has 2 heterocycles. The van der Waals surface area contributed by atoms with Gasteiger partial charge in [0.25, 0.3) is 0 Å². The number of aromatic nitrogens is 3. The van der Waals surface area contributed by atoms with Gasteiger partial charge in [0.1, 0.15) is 11.5 Å². The standard InChI is InChI=1S/C27H37N5O3S/c1-18(2)21-15-22(24(34)16-23(21)33)25-28-29-26(35)32(25)20-7-5-19(6-8-20)17-31-13-11-30(12-14-31)10-9-27(3,4)36/h5-8,15-16,18,33-34,36H,9-14,17H2,1-4H3,(H,29,35). The van der Waals surface area contributed by atoms with E-state index in [1.807, 2.05) is 38.1 Å². The van der Waals surface area contributed by atoms with Gasteiger partial charge in [-0.25, -0.2) is 4.57 Å². The van der Waals surface area contributed by atoms with Crippen LogP contribution >= 0.6 is 12.6 Å². The number of thiol groups is 1. The minimum atomic E-state index is -0.267. The first kappa shape index (κ1) is 26.3. The van der Waals surface area contributed by atoms with Gasteiger partial charge in [-0.1, -0.05) is 44.9 Å². The summed E-state index contributed by atoms with van der Waals surface area (Å²) in [6.45, 7) is 14.4. The van der Waals surface area contributed by atoms with Crippen LogP contribution < -0.4 is 0 Å². The number of nitrogens with zero attached hydrogens (tertiary/aromatic N) is 5. The summed E-state index contributed by atoms with van der Waals surface area (Å²) in [5.74, 6) is 0.252. The molecule has 0 radical (unpaired) electrons. The minimum Gasteiger partial charge on any atom is -0.508 e. The van der Waals surface area contributed by atoms with Gasteiger partial charge in [-0.05, 0) is 48.2 Å². The molecule has 1 saturated heterocycles. The van der Waals surface area contributed by atoms with Gasteiger partial charge in [-0.3, -0.25) is 4.90 Å². The average molecular weight is 512 g/mol. The van der Waals surface area contributed by atoms with Crippen LogP contribution in [-0.2, 0) is 6.54 Å². The molecule has 3 N–H and O–H groups in total. The number of piperazine rings is 1. The van der Waals surface area contributed by atoms with Crippen molar-refractivity contribution >= 4 is 12.6 Å². The fourth-order valence-corrected chi connectivity index (χ4v) is 4.64.